The van der Waals surface area contributed by atoms with Crippen LogP contribution in [0.3, 0.4) is 0 Å². The second kappa shape index (κ2) is 9.61. The first-order chi connectivity index (χ1) is 14.2. The number of aromatic amines is 2. The van der Waals surface area contributed by atoms with E-state index in [4.69, 9.17) is 4.74 Å². The van der Waals surface area contributed by atoms with Crippen molar-refractivity contribution < 1.29 is 17.5 Å². The third-order valence-corrected chi connectivity index (χ3v) is 6.52. The number of nitrogens with one attached hydrogen (secondary N) is 3. The molecule has 3 rings (SSSR count). The number of halogens is 1. The summed E-state index contributed by atoms with van der Waals surface area (Å²) in [6.45, 7) is 2.48. The third-order valence-electron chi connectivity index (χ3n) is 4.98. The number of hydrogen-bond acceptors (Lipinski definition) is 5. The Kier molecular flexibility index (Phi) is 7.14. The van der Waals surface area contributed by atoms with Gasteiger partial charge in [0, 0.05) is 12.6 Å². The molecule has 1 heterocycles. The lowest BCUT2D eigenvalue weighted by molar-refractivity contribution is 0.285. The van der Waals surface area contributed by atoms with E-state index in [0.29, 0.717) is 43.9 Å². The molecule has 0 spiro atoms. The van der Waals surface area contributed by atoms with Crippen LogP contribution in [0.5, 0.6) is 5.75 Å². The second-order valence-electron chi connectivity index (χ2n) is 7.69. The zero-order chi connectivity index (χ0) is 21.7. The van der Waals surface area contributed by atoms with Crippen molar-refractivity contribution in [3.63, 3.8) is 0 Å². The highest BCUT2D eigenvalue weighted by Crippen LogP contribution is 2.31. The van der Waals surface area contributed by atoms with E-state index in [1.54, 1.807) is 19.1 Å². The van der Waals surface area contributed by atoms with Crippen LogP contribution >= 0.6 is 0 Å². The van der Waals surface area contributed by atoms with Crippen LogP contribution < -0.4 is 20.8 Å². The number of aromatic nitrogens is 3. The molecule has 0 amide bonds. The molecule has 30 heavy (non-hydrogen) atoms. The summed E-state index contributed by atoms with van der Waals surface area (Å²) in [5.41, 5.74) is -0.452. The number of unbranched alkanes of at least 4 members (excludes halogenated alkanes) is 2. The maximum atomic E-state index is 13.9. The number of nitrogens with zero attached hydrogens (tertiary/aromatic N) is 1. The van der Waals surface area contributed by atoms with Gasteiger partial charge in [0.15, 0.2) is 11.6 Å². The Hall–Kier alpha value is -2.40. The highest BCUT2D eigenvalue weighted by atomic mass is 32.2. The summed E-state index contributed by atoms with van der Waals surface area (Å²) in [5.74, 6) is 0.100. The molecule has 0 unspecified atom stereocenters. The molecule has 1 aliphatic carbocycles. The molecule has 1 atom stereocenters. The molecule has 0 radical (unpaired) electrons. The molecule has 11 heteroatoms. The van der Waals surface area contributed by atoms with Crippen molar-refractivity contribution in [2.45, 2.75) is 51.6 Å². The average Bonchev–Trinajstić information content (AvgIpc) is 3.44. The zero-order valence-electron chi connectivity index (χ0n) is 16.8. The molecular weight excluding hydrogens is 415 g/mol. The smallest absolute Gasteiger partial charge is 0.344 e. The van der Waals surface area contributed by atoms with Gasteiger partial charge in [-0.25, -0.2) is 36.9 Å². The highest BCUT2D eigenvalue weighted by molar-refractivity contribution is 7.89. The maximum absolute atomic E-state index is 13.9. The van der Waals surface area contributed by atoms with Gasteiger partial charge < -0.3 is 4.74 Å². The summed E-state index contributed by atoms with van der Waals surface area (Å²) in [7, 11) is -3.53. The van der Waals surface area contributed by atoms with Gasteiger partial charge in [-0.1, -0.05) is 12.5 Å². The van der Waals surface area contributed by atoms with Crippen molar-refractivity contribution in [1.82, 2.24) is 19.5 Å². The summed E-state index contributed by atoms with van der Waals surface area (Å²) in [5, 5.41) is 2.35. The zero-order valence-corrected chi connectivity index (χ0v) is 17.6. The summed E-state index contributed by atoms with van der Waals surface area (Å²) in [4.78, 5) is 24.5. The average molecular weight is 443 g/mol. The van der Waals surface area contributed by atoms with Crippen molar-refractivity contribution in [2.24, 2.45) is 5.92 Å². The summed E-state index contributed by atoms with van der Waals surface area (Å²) in [6.07, 6.45) is 3.72. The van der Waals surface area contributed by atoms with Crippen LogP contribution in [-0.2, 0) is 16.6 Å². The van der Waals surface area contributed by atoms with Crippen molar-refractivity contribution >= 4 is 10.0 Å². The van der Waals surface area contributed by atoms with E-state index < -0.39 is 33.3 Å². The molecule has 1 aromatic carbocycles. The molecule has 0 saturated heterocycles. The molecule has 1 fully saturated rings. The molecule has 166 valence electrons. The van der Waals surface area contributed by atoms with Gasteiger partial charge in [0.1, 0.15) is 0 Å². The van der Waals surface area contributed by atoms with E-state index in [1.165, 1.54) is 6.07 Å². The minimum Gasteiger partial charge on any atom is -0.490 e. The Morgan fingerprint density at radius 1 is 1.27 bits per heavy atom. The Labute approximate surface area is 173 Å². The van der Waals surface area contributed by atoms with Crippen LogP contribution in [-0.4, -0.2) is 35.5 Å². The molecule has 0 aliphatic heterocycles. The highest BCUT2D eigenvalue weighted by Gasteiger charge is 2.23. The number of ether oxygens (including phenoxy) is 1. The van der Waals surface area contributed by atoms with Crippen LogP contribution in [0.1, 0.15) is 50.6 Å². The fourth-order valence-electron chi connectivity index (χ4n) is 3.05. The van der Waals surface area contributed by atoms with Crippen LogP contribution in [0, 0.1) is 11.7 Å². The number of H-pyrrole nitrogens is 2. The lowest BCUT2D eigenvalue weighted by Crippen LogP contribution is -2.29. The van der Waals surface area contributed by atoms with Gasteiger partial charge in [-0.3, -0.25) is 4.98 Å². The lowest BCUT2D eigenvalue weighted by Gasteiger charge is -2.16. The van der Waals surface area contributed by atoms with Crippen LogP contribution in [0.15, 0.2) is 27.8 Å². The quantitative estimate of drug-likeness (QED) is 0.431. The van der Waals surface area contributed by atoms with Gasteiger partial charge >= 0.3 is 11.4 Å². The summed E-state index contributed by atoms with van der Waals surface area (Å²) < 4.78 is 47.9. The Bertz CT molecular complexity index is 1070. The van der Waals surface area contributed by atoms with Crippen LogP contribution in [0.4, 0.5) is 4.39 Å². The minimum absolute atomic E-state index is 0.0673. The Morgan fingerprint density at radius 2 is 2.03 bits per heavy atom. The fourth-order valence-corrected chi connectivity index (χ4v) is 4.43. The molecule has 1 saturated carbocycles. The number of sulfonamides is 1. The molecule has 9 nitrogen and oxygen atoms in total. The first-order valence-electron chi connectivity index (χ1n) is 10.0. The van der Waals surface area contributed by atoms with Crippen LogP contribution in [0.2, 0.25) is 0 Å². The first kappa shape index (κ1) is 22.3. The normalized spacial score (nSPS) is 15.3. The van der Waals surface area contributed by atoms with E-state index in [2.05, 4.69) is 14.8 Å². The molecule has 3 N–H and O–H groups in total. The third kappa shape index (κ3) is 6.56. The van der Waals surface area contributed by atoms with Gasteiger partial charge in [0.25, 0.3) is 0 Å². The van der Waals surface area contributed by atoms with Crippen molar-refractivity contribution in [3.05, 3.63) is 50.5 Å². The number of aryl methyl sites for hydroxylation is 1. The predicted octanol–water partition coefficient (Wildman–Crippen LogP) is 1.64. The minimum atomic E-state index is -3.53. The van der Waals surface area contributed by atoms with Gasteiger partial charge in [0.05, 0.1) is 12.4 Å². The van der Waals surface area contributed by atoms with E-state index >= 15 is 0 Å². The molecule has 1 aliphatic rings. The largest absolute Gasteiger partial charge is 0.490 e. The Balaban J connectivity index is 1.45. The number of benzene rings is 1. The summed E-state index contributed by atoms with van der Waals surface area (Å²) in [6, 6.07) is 3.85. The van der Waals surface area contributed by atoms with E-state index in [-0.39, 0.29) is 11.5 Å². The summed E-state index contributed by atoms with van der Waals surface area (Å²) >= 11 is 0. The fraction of sp³-hybridized carbons (Fsp3) is 0.579. The topological polar surface area (TPSA) is 126 Å². The van der Waals surface area contributed by atoms with Crippen LogP contribution in [0.25, 0.3) is 0 Å². The molecule has 2 aromatic rings. The van der Waals surface area contributed by atoms with Gasteiger partial charge in [-0.15, -0.1) is 0 Å². The standard InChI is InChI=1S/C19H27FN4O5S/c1-13(15-7-8-16(20)17(11-15)29-12-14-5-6-14)23-30(27,28)10-4-2-3-9-24-19(26)21-18(25)22-24/h7-8,11,13-14,23H,2-6,9-10,12H2,1H3,(H2,21,22,25,26)/t13-/m1/s1. The Morgan fingerprint density at radius 3 is 2.70 bits per heavy atom. The molecular formula is C19H27FN4O5S. The van der Waals surface area contributed by atoms with Crippen molar-refractivity contribution in [1.29, 1.82) is 0 Å². The monoisotopic (exact) mass is 442 g/mol. The first-order valence-corrected chi connectivity index (χ1v) is 11.7. The molecule has 0 bridgehead atoms. The second-order valence-corrected chi connectivity index (χ2v) is 9.56. The SMILES string of the molecule is C[C@@H](NS(=O)(=O)CCCCCn1[nH]c(=O)[nH]c1=O)c1ccc(F)c(OCC2CC2)c1. The van der Waals surface area contributed by atoms with Gasteiger partial charge in [0.2, 0.25) is 10.0 Å². The molecule has 1 aromatic heterocycles. The van der Waals surface area contributed by atoms with E-state index in [9.17, 15) is 22.4 Å². The van der Waals surface area contributed by atoms with E-state index in [1.807, 2.05) is 0 Å². The van der Waals surface area contributed by atoms with Gasteiger partial charge in [-0.05, 0) is 56.2 Å². The van der Waals surface area contributed by atoms with Gasteiger partial charge in [-0.2, -0.15) is 0 Å². The lowest BCUT2D eigenvalue weighted by atomic mass is 10.1. The number of rotatable bonds is 12. The maximum Gasteiger partial charge on any atom is 0.344 e. The predicted molar refractivity (Wildman–Crippen MR) is 109 cm³/mol. The van der Waals surface area contributed by atoms with Crippen molar-refractivity contribution in [3.8, 4) is 5.75 Å². The van der Waals surface area contributed by atoms with E-state index in [0.717, 1.165) is 17.5 Å². The van der Waals surface area contributed by atoms with Crippen molar-refractivity contribution in [2.75, 3.05) is 12.4 Å². The number of hydrogen-bond donors (Lipinski definition) is 3.